The Labute approximate surface area is 238 Å². The quantitative estimate of drug-likeness (QED) is 0.179. The Bertz CT molecular complexity index is 1440. The highest BCUT2D eigenvalue weighted by molar-refractivity contribution is 5.86. The second-order valence-corrected chi connectivity index (χ2v) is 10.1. The summed E-state index contributed by atoms with van der Waals surface area (Å²) in [4.78, 5) is 12.8. The number of hydrogen-bond donors (Lipinski definition) is 7. The third kappa shape index (κ3) is 5.68. The highest BCUT2D eigenvalue weighted by atomic mass is 16.7. The summed E-state index contributed by atoms with van der Waals surface area (Å²) in [6.07, 6.45) is -15.0. The molecule has 0 amide bonds. The van der Waals surface area contributed by atoms with Crippen molar-refractivity contribution in [3.8, 4) is 28.6 Å². The van der Waals surface area contributed by atoms with Crippen LogP contribution in [0.15, 0.2) is 51.7 Å². The highest BCUT2D eigenvalue weighted by Gasteiger charge is 2.50. The Balaban J connectivity index is 1.37. The number of phenols is 1. The van der Waals surface area contributed by atoms with E-state index in [0.717, 1.165) is 6.07 Å². The van der Waals surface area contributed by atoms with Crippen molar-refractivity contribution in [1.82, 2.24) is 0 Å². The molecule has 14 nitrogen and oxygen atoms in total. The molecule has 1 aromatic heterocycles. The Morgan fingerprint density at radius 3 is 2.19 bits per heavy atom. The van der Waals surface area contributed by atoms with Crippen molar-refractivity contribution >= 4 is 11.0 Å². The molecule has 2 aliphatic heterocycles. The topological polar surface area (TPSA) is 218 Å². The third-order valence-electron chi connectivity index (χ3n) is 7.33. The molecule has 2 aliphatic rings. The smallest absolute Gasteiger partial charge is 0.229 e. The molecule has 7 N–H and O–H groups in total. The maximum absolute atomic E-state index is 12.8. The van der Waals surface area contributed by atoms with Gasteiger partial charge in [-0.3, -0.25) is 4.79 Å². The van der Waals surface area contributed by atoms with Gasteiger partial charge in [-0.05, 0) is 31.2 Å². The van der Waals surface area contributed by atoms with Crippen LogP contribution in [0.2, 0.25) is 0 Å². The van der Waals surface area contributed by atoms with Crippen LogP contribution >= 0.6 is 0 Å². The maximum Gasteiger partial charge on any atom is 0.229 e. The van der Waals surface area contributed by atoms with Crippen molar-refractivity contribution in [3.05, 3.63) is 52.7 Å². The molecule has 0 saturated carbocycles. The predicted octanol–water partition coefficient (Wildman–Crippen LogP) is -0.795. The van der Waals surface area contributed by atoms with E-state index < -0.39 is 79.2 Å². The number of ether oxygens (including phenoxy) is 5. The number of hydrogen-bond acceptors (Lipinski definition) is 14. The van der Waals surface area contributed by atoms with Gasteiger partial charge in [-0.25, -0.2) is 0 Å². The van der Waals surface area contributed by atoms with E-state index in [1.54, 1.807) is 24.3 Å². The summed E-state index contributed by atoms with van der Waals surface area (Å²) in [6, 6.07) is 10.4. The maximum atomic E-state index is 12.8. The molecule has 14 heteroatoms. The number of aliphatic hydroxyl groups is 6. The molecule has 0 bridgehead atoms. The number of rotatable bonds is 7. The van der Waals surface area contributed by atoms with Crippen molar-refractivity contribution in [2.24, 2.45) is 0 Å². The Morgan fingerprint density at radius 1 is 0.833 bits per heavy atom. The molecular formula is C28H32O14. The van der Waals surface area contributed by atoms with Crippen LogP contribution < -0.4 is 14.9 Å². The zero-order valence-corrected chi connectivity index (χ0v) is 22.5. The van der Waals surface area contributed by atoms with Crippen molar-refractivity contribution in [1.29, 1.82) is 0 Å². The number of benzene rings is 2. The Morgan fingerprint density at radius 2 is 1.52 bits per heavy atom. The van der Waals surface area contributed by atoms with Crippen molar-refractivity contribution in [3.63, 3.8) is 0 Å². The first-order chi connectivity index (χ1) is 20.0. The van der Waals surface area contributed by atoms with Gasteiger partial charge in [-0.2, -0.15) is 0 Å². The summed E-state index contributed by atoms with van der Waals surface area (Å²) in [5, 5.41) is 72.2. The molecule has 3 heterocycles. The zero-order valence-electron chi connectivity index (χ0n) is 22.5. The average Bonchev–Trinajstić information content (AvgIpc) is 2.97. The fourth-order valence-electron chi connectivity index (χ4n) is 4.94. The van der Waals surface area contributed by atoms with E-state index in [-0.39, 0.29) is 22.5 Å². The first-order valence-corrected chi connectivity index (χ1v) is 13.1. The van der Waals surface area contributed by atoms with Crippen LogP contribution in [0, 0.1) is 0 Å². The van der Waals surface area contributed by atoms with Gasteiger partial charge in [-0.15, -0.1) is 0 Å². The Kier molecular flexibility index (Phi) is 8.71. The second kappa shape index (κ2) is 12.1. The summed E-state index contributed by atoms with van der Waals surface area (Å²) in [5.41, 5.74) is 0.0115. The molecule has 42 heavy (non-hydrogen) atoms. The van der Waals surface area contributed by atoms with Gasteiger partial charge < -0.3 is 63.8 Å². The number of aromatic hydroxyl groups is 1. The summed E-state index contributed by atoms with van der Waals surface area (Å²) < 4.78 is 33.3. The van der Waals surface area contributed by atoms with E-state index >= 15 is 0 Å². The number of fused-ring (bicyclic) bond motifs is 1. The highest BCUT2D eigenvalue weighted by Crippen LogP contribution is 2.34. The van der Waals surface area contributed by atoms with Crippen molar-refractivity contribution < 1.29 is 63.8 Å². The molecular weight excluding hydrogens is 560 g/mol. The van der Waals surface area contributed by atoms with Crippen LogP contribution in [0.4, 0.5) is 0 Å². The first-order valence-electron chi connectivity index (χ1n) is 13.1. The molecule has 228 valence electrons. The molecule has 0 aliphatic carbocycles. The molecule has 10 atom stereocenters. The molecule has 2 aromatic carbocycles. The average molecular weight is 593 g/mol. The fraction of sp³-hybridized carbons (Fsp3) is 0.464. The van der Waals surface area contributed by atoms with Gasteiger partial charge >= 0.3 is 0 Å². The minimum atomic E-state index is -1.78. The van der Waals surface area contributed by atoms with Gasteiger partial charge in [-0.1, -0.05) is 0 Å². The molecule has 2 saturated heterocycles. The van der Waals surface area contributed by atoms with Crippen LogP contribution in [0.25, 0.3) is 22.3 Å². The second-order valence-electron chi connectivity index (χ2n) is 10.1. The van der Waals surface area contributed by atoms with Crippen molar-refractivity contribution in [2.75, 3.05) is 13.7 Å². The van der Waals surface area contributed by atoms with Crippen LogP contribution in [0.3, 0.4) is 0 Å². The normalized spacial score (nSPS) is 33.4. The molecule has 0 spiro atoms. The summed E-state index contributed by atoms with van der Waals surface area (Å²) in [7, 11) is 1.52. The minimum absolute atomic E-state index is 0.0348. The standard InChI is InChI=1S/C28H32O14/c1-11-21(32)22(33)24(35)27(38-11)42-26-19(10-29)41-28(25(36)23(26)34)39-14-7-15(30)20-16(31)9-17(40-18(20)8-14)12-3-5-13(37-2)6-4-12/h3-9,11,19,21-30,32-36H,10H2,1-2H3. The van der Waals surface area contributed by atoms with E-state index in [4.69, 9.17) is 28.1 Å². The SMILES string of the molecule is COc1ccc(-c2cc(=O)c3c(O)cc(OC4OC(CO)C(OC5OC(C)C(O)C(O)C5O)C(O)C4O)cc3o2)cc1. The lowest BCUT2D eigenvalue weighted by Gasteiger charge is -2.45. The van der Waals surface area contributed by atoms with Crippen LogP contribution in [-0.2, 0) is 14.2 Å². The molecule has 5 rings (SSSR count). The van der Waals surface area contributed by atoms with E-state index in [9.17, 15) is 40.5 Å². The van der Waals surface area contributed by atoms with Gasteiger partial charge in [0.1, 0.15) is 76.7 Å². The van der Waals surface area contributed by atoms with Crippen molar-refractivity contribution in [2.45, 2.75) is 68.3 Å². The largest absolute Gasteiger partial charge is 0.507 e. The zero-order chi connectivity index (χ0) is 30.3. The molecule has 2 fully saturated rings. The van der Waals surface area contributed by atoms with Gasteiger partial charge in [0.25, 0.3) is 0 Å². The van der Waals surface area contributed by atoms with Gasteiger partial charge in [0.2, 0.25) is 6.29 Å². The Hall–Kier alpha value is -3.31. The summed E-state index contributed by atoms with van der Waals surface area (Å²) in [6.45, 7) is 0.716. The van der Waals surface area contributed by atoms with Crippen LogP contribution in [0.1, 0.15) is 6.92 Å². The lowest BCUT2D eigenvalue weighted by atomic mass is 9.97. The molecule has 3 aromatic rings. The first kappa shape index (κ1) is 30.2. The molecule has 0 radical (unpaired) electrons. The molecule has 10 unspecified atom stereocenters. The predicted molar refractivity (Wildman–Crippen MR) is 142 cm³/mol. The number of phenolic OH excluding ortho intramolecular Hbond substituents is 1. The monoisotopic (exact) mass is 592 g/mol. The third-order valence-corrected chi connectivity index (χ3v) is 7.33. The lowest BCUT2D eigenvalue weighted by molar-refractivity contribution is -0.349. The number of methoxy groups -OCH3 is 1. The lowest BCUT2D eigenvalue weighted by Crippen LogP contribution is -2.64. The van der Waals surface area contributed by atoms with E-state index in [0.29, 0.717) is 11.3 Å². The van der Waals surface area contributed by atoms with E-state index in [1.165, 1.54) is 26.2 Å². The summed E-state index contributed by atoms with van der Waals surface area (Å²) in [5.74, 6) is 0.238. The van der Waals surface area contributed by atoms with Crippen LogP contribution in [-0.4, -0.2) is 111 Å². The van der Waals surface area contributed by atoms with Gasteiger partial charge in [0, 0.05) is 23.8 Å². The van der Waals surface area contributed by atoms with E-state index in [2.05, 4.69) is 0 Å². The summed E-state index contributed by atoms with van der Waals surface area (Å²) >= 11 is 0. The van der Waals surface area contributed by atoms with Gasteiger partial charge in [0.05, 0.1) is 19.8 Å². The van der Waals surface area contributed by atoms with Crippen LogP contribution in [0.5, 0.6) is 17.2 Å². The van der Waals surface area contributed by atoms with Gasteiger partial charge in [0.15, 0.2) is 11.7 Å². The fourth-order valence-corrected chi connectivity index (χ4v) is 4.94. The van der Waals surface area contributed by atoms with E-state index in [1.807, 2.05) is 0 Å². The minimum Gasteiger partial charge on any atom is -0.507 e. The number of aliphatic hydroxyl groups excluding tert-OH is 6.